The molecule has 8 heteroatoms. The predicted octanol–water partition coefficient (Wildman–Crippen LogP) is 3.90. The molecule has 5 rings (SSSR count). The van der Waals surface area contributed by atoms with E-state index in [-0.39, 0.29) is 0 Å². The Balaban J connectivity index is 1.52. The summed E-state index contributed by atoms with van der Waals surface area (Å²) < 4.78 is 10.9. The van der Waals surface area contributed by atoms with E-state index < -0.39 is 0 Å². The van der Waals surface area contributed by atoms with E-state index in [0.717, 1.165) is 61.8 Å². The summed E-state index contributed by atoms with van der Waals surface area (Å²) in [6.45, 7) is 5.90. The van der Waals surface area contributed by atoms with Crippen LogP contribution in [0.15, 0.2) is 66.4 Å². The third kappa shape index (κ3) is 5.23. The number of hydrogen-bond donors (Lipinski definition) is 1. The highest BCUT2D eigenvalue weighted by Gasteiger charge is 2.23. The van der Waals surface area contributed by atoms with Gasteiger partial charge in [0.15, 0.2) is 11.6 Å². The molecule has 0 amide bonds. The van der Waals surface area contributed by atoms with E-state index in [1.165, 1.54) is 5.70 Å². The number of anilines is 3. The number of nitrogens with one attached hydrogen (secondary N) is 1. The molecular weight excluding hydrogens is 440 g/mol. The van der Waals surface area contributed by atoms with E-state index in [1.54, 1.807) is 14.2 Å². The first-order valence-electron chi connectivity index (χ1n) is 11.9. The normalized spacial score (nSPS) is 16.9. The maximum atomic E-state index is 5.47. The number of methoxy groups -OCH3 is 2. The monoisotopic (exact) mass is 472 g/mol. The van der Waals surface area contributed by atoms with Crippen LogP contribution in [-0.4, -0.2) is 80.3 Å². The van der Waals surface area contributed by atoms with Crippen LogP contribution in [0.2, 0.25) is 0 Å². The van der Waals surface area contributed by atoms with Gasteiger partial charge in [-0.15, -0.1) is 0 Å². The van der Waals surface area contributed by atoms with E-state index in [9.17, 15) is 0 Å². The molecule has 1 saturated heterocycles. The molecule has 2 aliphatic rings. The zero-order valence-electron chi connectivity index (χ0n) is 20.6. The summed E-state index contributed by atoms with van der Waals surface area (Å²) in [6, 6.07) is 13.7. The van der Waals surface area contributed by atoms with Crippen LogP contribution in [0.1, 0.15) is 0 Å². The summed E-state index contributed by atoms with van der Waals surface area (Å²) in [5, 5.41) is 3.49. The smallest absolute Gasteiger partial charge is 0.177 e. The lowest BCUT2D eigenvalue weighted by molar-refractivity contribution is 0.163. The third-order valence-electron chi connectivity index (χ3n) is 6.46. The highest BCUT2D eigenvalue weighted by Crippen LogP contribution is 2.34. The molecule has 1 aromatic heterocycles. The topological polar surface area (TPSA) is 66.0 Å². The molecule has 8 nitrogen and oxygen atoms in total. The molecule has 1 fully saturated rings. The van der Waals surface area contributed by atoms with Crippen LogP contribution in [0.25, 0.3) is 11.0 Å². The van der Waals surface area contributed by atoms with E-state index >= 15 is 0 Å². The van der Waals surface area contributed by atoms with Gasteiger partial charge in [0.2, 0.25) is 0 Å². The minimum Gasteiger partial charge on any atom is -0.497 e. The van der Waals surface area contributed by atoms with Gasteiger partial charge in [-0.05, 0) is 25.3 Å². The fraction of sp³-hybridized carbons (Fsp3) is 0.333. The van der Waals surface area contributed by atoms with Crippen LogP contribution >= 0.6 is 0 Å². The van der Waals surface area contributed by atoms with Crippen molar-refractivity contribution in [2.24, 2.45) is 0 Å². The van der Waals surface area contributed by atoms with Crippen molar-refractivity contribution in [3.63, 3.8) is 0 Å². The summed E-state index contributed by atoms with van der Waals surface area (Å²) >= 11 is 0. The second-order valence-corrected chi connectivity index (χ2v) is 8.89. The van der Waals surface area contributed by atoms with Crippen LogP contribution < -0.4 is 19.7 Å². The van der Waals surface area contributed by atoms with Crippen LogP contribution in [0.4, 0.5) is 17.3 Å². The lowest BCUT2D eigenvalue weighted by Gasteiger charge is -2.36. The van der Waals surface area contributed by atoms with Gasteiger partial charge in [-0.1, -0.05) is 24.3 Å². The molecule has 1 N–H and O–H groups in total. The molecule has 35 heavy (non-hydrogen) atoms. The van der Waals surface area contributed by atoms with Gasteiger partial charge >= 0.3 is 0 Å². The molecular formula is C27H32N6O2. The van der Waals surface area contributed by atoms with Crippen molar-refractivity contribution in [3.8, 4) is 11.5 Å². The number of ether oxygens (including phenoxy) is 2. The Morgan fingerprint density at radius 3 is 2.29 bits per heavy atom. The molecule has 0 aliphatic carbocycles. The summed E-state index contributed by atoms with van der Waals surface area (Å²) in [4.78, 5) is 17.2. The molecule has 0 atom stereocenters. The third-order valence-corrected chi connectivity index (χ3v) is 6.46. The second-order valence-electron chi connectivity index (χ2n) is 8.89. The molecule has 182 valence electrons. The number of allylic oxidation sites excluding steroid dienone is 2. The Bertz CT molecular complexity index is 1230. The number of para-hydroxylation sites is 2. The van der Waals surface area contributed by atoms with Gasteiger partial charge in [-0.2, -0.15) is 0 Å². The van der Waals surface area contributed by atoms with Gasteiger partial charge in [-0.3, -0.25) is 4.90 Å². The van der Waals surface area contributed by atoms with Crippen LogP contribution in [0.3, 0.4) is 0 Å². The minimum atomic E-state index is 0.693. The number of likely N-dealkylation sites (N-methyl/N-ethyl adjacent to an activating group) is 1. The van der Waals surface area contributed by atoms with Gasteiger partial charge in [0.25, 0.3) is 0 Å². The molecule has 3 aromatic rings. The number of benzene rings is 2. The number of rotatable bonds is 7. The van der Waals surface area contributed by atoms with Gasteiger partial charge in [0.05, 0.1) is 25.3 Å². The van der Waals surface area contributed by atoms with Crippen LogP contribution in [0.5, 0.6) is 11.5 Å². The molecule has 2 aliphatic heterocycles. The number of hydrogen-bond acceptors (Lipinski definition) is 8. The fourth-order valence-electron chi connectivity index (χ4n) is 4.43. The Morgan fingerprint density at radius 2 is 1.60 bits per heavy atom. The minimum absolute atomic E-state index is 0.693. The summed E-state index contributed by atoms with van der Waals surface area (Å²) in [5.41, 5.74) is 3.74. The first-order chi connectivity index (χ1) is 17.1. The Hall–Kier alpha value is -3.62. The first-order valence-corrected chi connectivity index (χ1v) is 11.9. The van der Waals surface area contributed by atoms with Gasteiger partial charge in [0, 0.05) is 68.9 Å². The summed E-state index contributed by atoms with van der Waals surface area (Å²) in [6.07, 6.45) is 6.48. The van der Waals surface area contributed by atoms with Crippen molar-refractivity contribution >= 4 is 28.4 Å². The molecule has 0 unspecified atom stereocenters. The largest absolute Gasteiger partial charge is 0.497 e. The van der Waals surface area contributed by atoms with Crippen molar-refractivity contribution in [3.05, 3.63) is 66.4 Å². The van der Waals surface area contributed by atoms with Crippen molar-refractivity contribution in [1.29, 1.82) is 0 Å². The zero-order valence-corrected chi connectivity index (χ0v) is 20.6. The predicted molar refractivity (Wildman–Crippen MR) is 141 cm³/mol. The average molecular weight is 473 g/mol. The maximum Gasteiger partial charge on any atom is 0.177 e. The lowest BCUT2D eigenvalue weighted by atomic mass is 10.2. The van der Waals surface area contributed by atoms with Gasteiger partial charge in [0.1, 0.15) is 11.5 Å². The van der Waals surface area contributed by atoms with Crippen LogP contribution in [-0.2, 0) is 0 Å². The van der Waals surface area contributed by atoms with E-state index in [0.29, 0.717) is 17.3 Å². The highest BCUT2D eigenvalue weighted by molar-refractivity contribution is 5.83. The SMILES string of the molecule is COc1cc(Nc2nc3ccccc3nc2N2CC=CC=C2CN2CCN(C)CC2)cc(OC)c1. The van der Waals surface area contributed by atoms with E-state index in [1.807, 2.05) is 42.5 Å². The highest BCUT2D eigenvalue weighted by atomic mass is 16.5. The molecule has 0 radical (unpaired) electrons. The van der Waals surface area contributed by atoms with Gasteiger partial charge < -0.3 is 24.6 Å². The quantitative estimate of drug-likeness (QED) is 0.556. The lowest BCUT2D eigenvalue weighted by Crippen LogP contribution is -2.46. The van der Waals surface area contributed by atoms with E-state index in [2.05, 4.69) is 45.3 Å². The number of fused-ring (bicyclic) bond motifs is 1. The Kier molecular flexibility index (Phi) is 6.83. The standard InChI is InChI=1S/C27H32N6O2/c1-31-12-14-32(15-13-31)19-21-8-6-7-11-33(21)27-26(29-24-9-4-5-10-25(24)30-27)28-20-16-22(34-2)18-23(17-20)35-3/h4-10,16-18H,11-15,19H2,1-3H3,(H,28,29). The summed E-state index contributed by atoms with van der Waals surface area (Å²) in [5.74, 6) is 2.91. The van der Waals surface area contributed by atoms with Crippen LogP contribution in [0, 0.1) is 0 Å². The zero-order chi connectivity index (χ0) is 24.2. The van der Waals surface area contributed by atoms with Crippen molar-refractivity contribution in [2.75, 3.05) is 70.8 Å². The van der Waals surface area contributed by atoms with Crippen molar-refractivity contribution in [1.82, 2.24) is 19.8 Å². The fourth-order valence-corrected chi connectivity index (χ4v) is 4.43. The van der Waals surface area contributed by atoms with Crippen molar-refractivity contribution < 1.29 is 9.47 Å². The van der Waals surface area contributed by atoms with Crippen molar-refractivity contribution in [2.45, 2.75) is 0 Å². The van der Waals surface area contributed by atoms with E-state index in [4.69, 9.17) is 19.4 Å². The number of aromatic nitrogens is 2. The number of nitrogens with zero attached hydrogens (tertiary/aromatic N) is 5. The first kappa shape index (κ1) is 23.1. The maximum absolute atomic E-state index is 5.47. The molecule has 2 aromatic carbocycles. The Labute approximate surface area is 206 Å². The molecule has 0 saturated carbocycles. The second kappa shape index (κ2) is 10.3. The summed E-state index contributed by atoms with van der Waals surface area (Å²) in [7, 11) is 5.48. The van der Waals surface area contributed by atoms with Gasteiger partial charge in [-0.25, -0.2) is 9.97 Å². The average Bonchev–Trinajstić information content (AvgIpc) is 2.89. The Morgan fingerprint density at radius 1 is 0.914 bits per heavy atom. The molecule has 3 heterocycles. The molecule has 0 spiro atoms. The molecule has 0 bridgehead atoms. The number of piperazine rings is 1.